The molecule has 27 heavy (non-hydrogen) atoms. The predicted molar refractivity (Wildman–Crippen MR) is 105 cm³/mol. The number of aryl methyl sites for hydroxylation is 1. The van der Waals surface area contributed by atoms with E-state index in [2.05, 4.69) is 25.9 Å². The lowest BCUT2D eigenvalue weighted by Gasteiger charge is -2.21. The van der Waals surface area contributed by atoms with Gasteiger partial charge in [-0.05, 0) is 46.1 Å². The van der Waals surface area contributed by atoms with Crippen LogP contribution >= 0.6 is 0 Å². The Labute approximate surface area is 160 Å². The van der Waals surface area contributed by atoms with Gasteiger partial charge in [-0.2, -0.15) is 5.10 Å². The lowest BCUT2D eigenvalue weighted by molar-refractivity contribution is -0.137. The normalized spacial score (nSPS) is 12.0. The fourth-order valence-electron chi connectivity index (χ4n) is 3.02. The topological polar surface area (TPSA) is 88.3 Å². The van der Waals surface area contributed by atoms with Gasteiger partial charge in [0.1, 0.15) is 0 Å². The molecular weight excluding hydrogens is 344 g/mol. The minimum atomic E-state index is -0.855. The SMILES string of the molecule is Cc1nn(C(C)(C)C)c2nc(C(C)C)cc(C(=O)N(C)CCCC(=O)O)c12. The number of hydrogen-bond acceptors (Lipinski definition) is 4. The number of carboxylic acid groups (broad SMARTS) is 1. The van der Waals surface area contributed by atoms with E-state index in [0.717, 1.165) is 16.8 Å². The van der Waals surface area contributed by atoms with E-state index < -0.39 is 5.97 Å². The van der Waals surface area contributed by atoms with Gasteiger partial charge >= 0.3 is 5.97 Å². The van der Waals surface area contributed by atoms with E-state index in [0.29, 0.717) is 24.2 Å². The molecule has 7 heteroatoms. The highest BCUT2D eigenvalue weighted by Crippen LogP contribution is 2.29. The van der Waals surface area contributed by atoms with Crippen molar-refractivity contribution in [3.05, 3.63) is 23.0 Å². The van der Waals surface area contributed by atoms with Crippen molar-refractivity contribution in [3.8, 4) is 0 Å². The van der Waals surface area contributed by atoms with Crippen molar-refractivity contribution >= 4 is 22.9 Å². The predicted octanol–water partition coefficient (Wildman–Crippen LogP) is 3.55. The van der Waals surface area contributed by atoms with Crippen LogP contribution in [-0.2, 0) is 10.3 Å². The van der Waals surface area contributed by atoms with Crippen molar-refractivity contribution in [2.24, 2.45) is 0 Å². The summed E-state index contributed by atoms with van der Waals surface area (Å²) in [6, 6.07) is 1.85. The summed E-state index contributed by atoms with van der Waals surface area (Å²) in [5.74, 6) is -0.820. The zero-order valence-electron chi connectivity index (χ0n) is 17.3. The number of aromatic nitrogens is 3. The Morgan fingerprint density at radius 1 is 1.30 bits per heavy atom. The highest BCUT2D eigenvalue weighted by molar-refractivity contribution is 6.06. The second kappa shape index (κ2) is 7.66. The van der Waals surface area contributed by atoms with Crippen molar-refractivity contribution in [2.45, 2.75) is 65.8 Å². The Kier molecular flexibility index (Phi) is 5.92. The number of carbonyl (C=O) groups is 2. The maximum atomic E-state index is 13.1. The zero-order chi connectivity index (χ0) is 20.5. The van der Waals surface area contributed by atoms with Gasteiger partial charge in [0.2, 0.25) is 0 Å². The van der Waals surface area contributed by atoms with E-state index in [1.165, 1.54) is 0 Å². The average molecular weight is 374 g/mol. The summed E-state index contributed by atoms with van der Waals surface area (Å²) < 4.78 is 1.88. The molecule has 2 heterocycles. The smallest absolute Gasteiger partial charge is 0.303 e. The molecule has 0 aliphatic heterocycles. The lowest BCUT2D eigenvalue weighted by atomic mass is 10.0. The molecule has 0 radical (unpaired) electrons. The van der Waals surface area contributed by atoms with Crippen molar-refractivity contribution in [3.63, 3.8) is 0 Å². The van der Waals surface area contributed by atoms with Gasteiger partial charge in [0.15, 0.2) is 5.65 Å². The average Bonchev–Trinajstić information content (AvgIpc) is 2.90. The standard InChI is InChI=1S/C20H30N4O3/c1-12(2)15-11-14(19(27)23(7)10-8-9-16(25)26)17-13(3)22-24(18(17)21-15)20(4,5)6/h11-12H,8-10H2,1-7H3,(H,25,26). The minimum Gasteiger partial charge on any atom is -0.481 e. The first-order valence-corrected chi connectivity index (χ1v) is 9.31. The number of rotatable bonds is 6. The number of amides is 1. The summed E-state index contributed by atoms with van der Waals surface area (Å²) in [4.78, 5) is 30.2. The maximum absolute atomic E-state index is 13.1. The van der Waals surface area contributed by atoms with Gasteiger partial charge in [-0.1, -0.05) is 13.8 Å². The molecule has 0 aliphatic rings. The summed E-state index contributed by atoms with van der Waals surface area (Å²) >= 11 is 0. The van der Waals surface area contributed by atoms with E-state index >= 15 is 0 Å². The van der Waals surface area contributed by atoms with Crippen molar-refractivity contribution < 1.29 is 14.7 Å². The third-order valence-corrected chi connectivity index (χ3v) is 4.52. The number of carbonyl (C=O) groups excluding carboxylic acids is 1. The Balaban J connectivity index is 2.56. The molecule has 0 fully saturated rings. The highest BCUT2D eigenvalue weighted by Gasteiger charge is 2.26. The van der Waals surface area contributed by atoms with Crippen LogP contribution in [0, 0.1) is 6.92 Å². The van der Waals surface area contributed by atoms with Gasteiger partial charge in [0.25, 0.3) is 5.91 Å². The van der Waals surface area contributed by atoms with Gasteiger partial charge in [-0.3, -0.25) is 9.59 Å². The van der Waals surface area contributed by atoms with Gasteiger partial charge in [0, 0.05) is 25.7 Å². The first-order chi connectivity index (χ1) is 12.4. The monoisotopic (exact) mass is 374 g/mol. The van der Waals surface area contributed by atoms with Crippen LogP contribution in [0.5, 0.6) is 0 Å². The van der Waals surface area contributed by atoms with Crippen LogP contribution in [0.15, 0.2) is 6.07 Å². The second-order valence-corrected chi connectivity index (χ2v) is 8.34. The molecule has 0 spiro atoms. The zero-order valence-corrected chi connectivity index (χ0v) is 17.3. The molecule has 1 N–H and O–H groups in total. The van der Waals surface area contributed by atoms with Crippen LogP contribution in [0.1, 0.15) is 75.1 Å². The lowest BCUT2D eigenvalue weighted by Crippen LogP contribution is -2.29. The van der Waals surface area contributed by atoms with Crippen molar-refractivity contribution in [1.82, 2.24) is 19.7 Å². The van der Waals surface area contributed by atoms with Crippen molar-refractivity contribution in [2.75, 3.05) is 13.6 Å². The minimum absolute atomic E-state index is 0.0433. The van der Waals surface area contributed by atoms with Gasteiger partial charge < -0.3 is 10.0 Å². The molecule has 2 aromatic heterocycles. The maximum Gasteiger partial charge on any atom is 0.303 e. The van der Waals surface area contributed by atoms with Crippen LogP contribution in [0.4, 0.5) is 0 Å². The number of nitrogens with zero attached hydrogens (tertiary/aromatic N) is 4. The van der Waals surface area contributed by atoms with Gasteiger partial charge in [-0.25, -0.2) is 9.67 Å². The molecule has 148 valence electrons. The summed E-state index contributed by atoms with van der Waals surface area (Å²) in [6.07, 6.45) is 0.463. The van der Waals surface area contributed by atoms with E-state index in [1.807, 2.05) is 31.5 Å². The second-order valence-electron chi connectivity index (χ2n) is 8.34. The van der Waals surface area contributed by atoms with E-state index in [9.17, 15) is 9.59 Å². The molecule has 0 unspecified atom stereocenters. The third-order valence-electron chi connectivity index (χ3n) is 4.52. The summed E-state index contributed by atoms with van der Waals surface area (Å²) in [5, 5.41) is 14.2. The number of pyridine rings is 1. The van der Waals surface area contributed by atoms with Crippen LogP contribution in [-0.4, -0.2) is 50.2 Å². The Morgan fingerprint density at radius 3 is 2.44 bits per heavy atom. The van der Waals surface area contributed by atoms with E-state index in [-0.39, 0.29) is 23.8 Å². The number of aliphatic carboxylic acids is 1. The molecule has 1 amide bonds. The summed E-state index contributed by atoms with van der Waals surface area (Å²) in [7, 11) is 1.70. The number of carboxylic acids is 1. The summed E-state index contributed by atoms with van der Waals surface area (Å²) in [6.45, 7) is 12.5. The molecule has 0 aromatic carbocycles. The molecule has 0 atom stereocenters. The molecule has 0 saturated heterocycles. The largest absolute Gasteiger partial charge is 0.481 e. The van der Waals surface area contributed by atoms with Gasteiger partial charge in [0.05, 0.1) is 22.2 Å². The molecular formula is C20H30N4O3. The van der Waals surface area contributed by atoms with Crippen LogP contribution < -0.4 is 0 Å². The van der Waals surface area contributed by atoms with E-state index in [1.54, 1.807) is 11.9 Å². The van der Waals surface area contributed by atoms with Crippen molar-refractivity contribution in [1.29, 1.82) is 0 Å². The first kappa shape index (κ1) is 20.9. The number of fused-ring (bicyclic) bond motifs is 1. The number of hydrogen-bond donors (Lipinski definition) is 1. The summed E-state index contributed by atoms with van der Waals surface area (Å²) in [5.41, 5.74) is 2.64. The van der Waals surface area contributed by atoms with Crippen LogP contribution in [0.3, 0.4) is 0 Å². The quantitative estimate of drug-likeness (QED) is 0.835. The Hall–Kier alpha value is -2.44. The molecule has 2 rings (SSSR count). The third kappa shape index (κ3) is 4.46. The molecule has 0 bridgehead atoms. The van der Waals surface area contributed by atoms with Crippen LogP contribution in [0.2, 0.25) is 0 Å². The van der Waals surface area contributed by atoms with E-state index in [4.69, 9.17) is 10.1 Å². The van der Waals surface area contributed by atoms with Crippen LogP contribution in [0.25, 0.3) is 11.0 Å². The highest BCUT2D eigenvalue weighted by atomic mass is 16.4. The Morgan fingerprint density at radius 2 is 1.93 bits per heavy atom. The first-order valence-electron chi connectivity index (χ1n) is 9.31. The van der Waals surface area contributed by atoms with Gasteiger partial charge in [-0.15, -0.1) is 0 Å². The fraction of sp³-hybridized carbons (Fsp3) is 0.600. The molecule has 7 nitrogen and oxygen atoms in total. The Bertz CT molecular complexity index is 862. The molecule has 2 aromatic rings. The molecule has 0 saturated carbocycles. The molecule has 0 aliphatic carbocycles. The fourth-order valence-corrected chi connectivity index (χ4v) is 3.02.